The van der Waals surface area contributed by atoms with Crippen LogP contribution >= 0.6 is 0 Å². The molecule has 4 heteroatoms. The number of nitrogens with zero attached hydrogens (tertiary/aromatic N) is 3. The number of aromatic nitrogens is 1. The summed E-state index contributed by atoms with van der Waals surface area (Å²) >= 11 is 0. The van der Waals surface area contributed by atoms with Crippen LogP contribution in [0, 0.1) is 5.92 Å². The summed E-state index contributed by atoms with van der Waals surface area (Å²) in [6.45, 7) is 3.03. The van der Waals surface area contributed by atoms with Gasteiger partial charge in [-0.05, 0) is 36.5 Å². The molecular weight excluding hydrogens is 296 g/mol. The van der Waals surface area contributed by atoms with E-state index in [1.54, 1.807) is 0 Å². The zero-order chi connectivity index (χ0) is 16.6. The third-order valence-electron chi connectivity index (χ3n) is 4.55. The number of benzene rings is 1. The smallest absolute Gasteiger partial charge is 0.193 e. The summed E-state index contributed by atoms with van der Waals surface area (Å²) in [5, 5.41) is 3.48. The molecule has 24 heavy (non-hydrogen) atoms. The lowest BCUT2D eigenvalue weighted by molar-refractivity contribution is 0.460. The lowest BCUT2D eigenvalue weighted by Crippen LogP contribution is -2.41. The molecule has 1 aliphatic heterocycles. The maximum Gasteiger partial charge on any atom is 0.193 e. The fraction of sp³-hybridized carbons (Fsp3) is 0.400. The fourth-order valence-corrected chi connectivity index (χ4v) is 3.32. The fourth-order valence-electron chi connectivity index (χ4n) is 3.32. The van der Waals surface area contributed by atoms with Crippen LogP contribution in [0.25, 0.3) is 0 Å². The summed E-state index contributed by atoms with van der Waals surface area (Å²) in [5.74, 6) is 1.73. The summed E-state index contributed by atoms with van der Waals surface area (Å²) < 4.78 is 0. The molecule has 1 aromatic carbocycles. The molecule has 0 aliphatic carbocycles. The molecule has 1 N–H and O–H groups in total. The maximum atomic E-state index is 4.45. The summed E-state index contributed by atoms with van der Waals surface area (Å²) in [4.78, 5) is 11.2. The zero-order valence-electron chi connectivity index (χ0n) is 14.4. The Morgan fingerprint density at radius 3 is 2.79 bits per heavy atom. The first-order chi connectivity index (χ1) is 11.8. The van der Waals surface area contributed by atoms with Gasteiger partial charge in [-0.2, -0.15) is 0 Å². The molecule has 1 saturated heterocycles. The predicted octanol–water partition coefficient (Wildman–Crippen LogP) is 2.76. The van der Waals surface area contributed by atoms with Crippen LogP contribution in [0.1, 0.15) is 17.7 Å². The summed E-state index contributed by atoms with van der Waals surface area (Å²) in [6.07, 6.45) is 5.15. The number of rotatable bonds is 5. The van der Waals surface area contributed by atoms with Gasteiger partial charge in [0.1, 0.15) is 0 Å². The standard InChI is InChI=1S/C20H26N4/c1-21-20(23-13-10-19-9-5-6-12-22-19)24-14-11-18(16-24)15-17-7-3-2-4-8-17/h2-9,12,18H,10-11,13-16H2,1H3,(H,21,23). The minimum atomic E-state index is 0.710. The average molecular weight is 322 g/mol. The van der Waals surface area contributed by atoms with Crippen molar-refractivity contribution in [1.82, 2.24) is 15.2 Å². The van der Waals surface area contributed by atoms with Crippen LogP contribution in [-0.4, -0.2) is 42.5 Å². The van der Waals surface area contributed by atoms with E-state index in [1.807, 2.05) is 25.4 Å². The second-order valence-corrected chi connectivity index (χ2v) is 6.34. The number of aliphatic imine (C=N–C) groups is 1. The van der Waals surface area contributed by atoms with Crippen molar-refractivity contribution in [3.8, 4) is 0 Å². The van der Waals surface area contributed by atoms with Gasteiger partial charge in [0, 0.05) is 45.0 Å². The number of pyridine rings is 1. The van der Waals surface area contributed by atoms with Crippen molar-refractivity contribution in [2.24, 2.45) is 10.9 Å². The van der Waals surface area contributed by atoms with Crippen molar-refractivity contribution in [3.63, 3.8) is 0 Å². The van der Waals surface area contributed by atoms with Gasteiger partial charge < -0.3 is 10.2 Å². The van der Waals surface area contributed by atoms with Crippen LogP contribution in [0.5, 0.6) is 0 Å². The monoisotopic (exact) mass is 322 g/mol. The van der Waals surface area contributed by atoms with Crippen LogP contribution in [0.15, 0.2) is 59.7 Å². The van der Waals surface area contributed by atoms with Crippen LogP contribution in [0.4, 0.5) is 0 Å². The molecule has 1 atom stereocenters. The van der Waals surface area contributed by atoms with E-state index in [1.165, 1.54) is 12.0 Å². The molecule has 126 valence electrons. The molecular formula is C20H26N4. The van der Waals surface area contributed by atoms with E-state index in [0.29, 0.717) is 5.92 Å². The molecule has 0 saturated carbocycles. The Bertz CT molecular complexity index is 639. The summed E-state index contributed by atoms with van der Waals surface area (Å²) in [6, 6.07) is 16.8. The van der Waals surface area contributed by atoms with Crippen LogP contribution < -0.4 is 5.32 Å². The largest absolute Gasteiger partial charge is 0.356 e. The SMILES string of the molecule is CN=C(NCCc1ccccn1)N1CCC(Cc2ccccc2)C1. The normalized spacial score (nSPS) is 18.0. The van der Waals surface area contributed by atoms with E-state index in [9.17, 15) is 0 Å². The minimum absolute atomic E-state index is 0.710. The number of likely N-dealkylation sites (tertiary alicyclic amines) is 1. The molecule has 0 bridgehead atoms. The Kier molecular flexibility index (Phi) is 5.83. The van der Waals surface area contributed by atoms with Crippen molar-refractivity contribution in [2.75, 3.05) is 26.7 Å². The highest BCUT2D eigenvalue weighted by Gasteiger charge is 2.24. The molecule has 1 unspecified atom stereocenters. The zero-order valence-corrected chi connectivity index (χ0v) is 14.4. The first-order valence-corrected chi connectivity index (χ1v) is 8.74. The summed E-state index contributed by atoms with van der Waals surface area (Å²) in [5.41, 5.74) is 2.55. The molecule has 2 heterocycles. The van der Waals surface area contributed by atoms with Gasteiger partial charge in [-0.25, -0.2) is 0 Å². The van der Waals surface area contributed by atoms with Crippen molar-refractivity contribution < 1.29 is 0 Å². The number of hydrogen-bond acceptors (Lipinski definition) is 2. The van der Waals surface area contributed by atoms with Crippen LogP contribution in [0.2, 0.25) is 0 Å². The molecule has 1 aromatic heterocycles. The van der Waals surface area contributed by atoms with Crippen molar-refractivity contribution in [2.45, 2.75) is 19.3 Å². The maximum absolute atomic E-state index is 4.45. The van der Waals surface area contributed by atoms with Gasteiger partial charge in [-0.15, -0.1) is 0 Å². The van der Waals surface area contributed by atoms with Crippen molar-refractivity contribution >= 4 is 5.96 Å². The van der Waals surface area contributed by atoms with Crippen molar-refractivity contribution in [1.29, 1.82) is 0 Å². The number of nitrogens with one attached hydrogen (secondary N) is 1. The lowest BCUT2D eigenvalue weighted by atomic mass is 9.99. The Hall–Kier alpha value is -2.36. The van der Waals surface area contributed by atoms with Gasteiger partial charge in [-0.1, -0.05) is 36.4 Å². The Morgan fingerprint density at radius 2 is 2.04 bits per heavy atom. The highest BCUT2D eigenvalue weighted by molar-refractivity contribution is 5.80. The van der Waals surface area contributed by atoms with Gasteiger partial charge >= 0.3 is 0 Å². The first kappa shape index (κ1) is 16.5. The third-order valence-corrected chi connectivity index (χ3v) is 4.55. The molecule has 3 rings (SSSR count). The van der Waals surface area contributed by atoms with Crippen molar-refractivity contribution in [3.05, 3.63) is 66.0 Å². The second-order valence-electron chi connectivity index (χ2n) is 6.34. The topological polar surface area (TPSA) is 40.5 Å². The highest BCUT2D eigenvalue weighted by Crippen LogP contribution is 2.20. The predicted molar refractivity (Wildman–Crippen MR) is 99.1 cm³/mol. The first-order valence-electron chi connectivity index (χ1n) is 8.74. The van der Waals surface area contributed by atoms with E-state index < -0.39 is 0 Å². The van der Waals surface area contributed by atoms with Crippen LogP contribution in [0.3, 0.4) is 0 Å². The molecule has 0 spiro atoms. The molecule has 4 nitrogen and oxygen atoms in total. The Balaban J connectivity index is 1.46. The quantitative estimate of drug-likeness (QED) is 0.680. The van der Waals surface area contributed by atoms with Gasteiger partial charge in [-0.3, -0.25) is 9.98 Å². The molecule has 2 aromatic rings. The average Bonchev–Trinajstić information content (AvgIpc) is 3.09. The van der Waals surface area contributed by atoms with E-state index >= 15 is 0 Å². The minimum Gasteiger partial charge on any atom is -0.356 e. The van der Waals surface area contributed by atoms with Gasteiger partial charge in [0.15, 0.2) is 5.96 Å². The molecule has 0 radical (unpaired) electrons. The van der Waals surface area contributed by atoms with E-state index in [0.717, 1.165) is 44.1 Å². The highest BCUT2D eigenvalue weighted by atomic mass is 15.3. The Labute approximate surface area is 144 Å². The van der Waals surface area contributed by atoms with E-state index in [-0.39, 0.29) is 0 Å². The van der Waals surface area contributed by atoms with E-state index in [4.69, 9.17) is 0 Å². The second kappa shape index (κ2) is 8.48. The van der Waals surface area contributed by atoms with Gasteiger partial charge in [0.25, 0.3) is 0 Å². The summed E-state index contributed by atoms with van der Waals surface area (Å²) in [7, 11) is 1.87. The number of guanidine groups is 1. The molecule has 1 fully saturated rings. The van der Waals surface area contributed by atoms with Gasteiger partial charge in [0.05, 0.1) is 0 Å². The third kappa shape index (κ3) is 4.57. The number of hydrogen-bond donors (Lipinski definition) is 1. The van der Waals surface area contributed by atoms with Crippen LogP contribution in [-0.2, 0) is 12.8 Å². The Morgan fingerprint density at radius 1 is 1.21 bits per heavy atom. The molecule has 0 amide bonds. The van der Waals surface area contributed by atoms with E-state index in [2.05, 4.69) is 56.6 Å². The molecule has 1 aliphatic rings. The van der Waals surface area contributed by atoms with Gasteiger partial charge in [0.2, 0.25) is 0 Å². The lowest BCUT2D eigenvalue weighted by Gasteiger charge is -2.21.